The van der Waals surface area contributed by atoms with Crippen LogP contribution in [0.3, 0.4) is 0 Å². The molecule has 0 atom stereocenters. The van der Waals surface area contributed by atoms with Gasteiger partial charge in [0.05, 0.1) is 23.6 Å². The number of aliphatic imine (C=N–C) groups is 1. The van der Waals surface area contributed by atoms with E-state index < -0.39 is 5.97 Å². The molecule has 0 unspecified atom stereocenters. The molecule has 27 heavy (non-hydrogen) atoms. The lowest BCUT2D eigenvalue weighted by Crippen LogP contribution is -2.11. The second kappa shape index (κ2) is 6.46. The first-order chi connectivity index (χ1) is 13.0. The fraction of sp³-hybridized carbons (Fsp3) is 0.190. The molecule has 0 fully saturated rings. The van der Waals surface area contributed by atoms with E-state index >= 15 is 0 Å². The van der Waals surface area contributed by atoms with Crippen molar-refractivity contribution in [2.75, 3.05) is 0 Å². The Morgan fingerprint density at radius 2 is 1.93 bits per heavy atom. The third kappa shape index (κ3) is 2.93. The van der Waals surface area contributed by atoms with Crippen LogP contribution in [-0.4, -0.2) is 26.6 Å². The van der Waals surface area contributed by atoms with Gasteiger partial charge in [-0.1, -0.05) is 32.0 Å². The molecular formula is C21H18FN3O2. The minimum Gasteiger partial charge on any atom is -0.476 e. The monoisotopic (exact) mass is 363 g/mol. The van der Waals surface area contributed by atoms with Crippen LogP contribution >= 0.6 is 0 Å². The highest BCUT2D eigenvalue weighted by molar-refractivity contribution is 6.15. The van der Waals surface area contributed by atoms with Gasteiger partial charge in [-0.15, -0.1) is 0 Å². The molecule has 4 rings (SSSR count). The summed E-state index contributed by atoms with van der Waals surface area (Å²) in [5.74, 6) is -1.15. The Kier molecular flexibility index (Phi) is 4.11. The molecule has 6 heteroatoms. The van der Waals surface area contributed by atoms with Crippen LogP contribution in [0.4, 0.5) is 4.39 Å². The lowest BCUT2D eigenvalue weighted by Gasteiger charge is -2.15. The Hall–Kier alpha value is -3.28. The molecule has 0 radical (unpaired) electrons. The zero-order valence-electron chi connectivity index (χ0n) is 15.0. The predicted molar refractivity (Wildman–Crippen MR) is 100 cm³/mol. The number of aromatic nitrogens is 2. The number of fused-ring (bicyclic) bond motifs is 3. The molecule has 1 aromatic heterocycles. The number of benzene rings is 2. The normalized spacial score (nSPS) is 13.0. The third-order valence-electron chi connectivity index (χ3n) is 4.70. The molecule has 5 nitrogen and oxygen atoms in total. The van der Waals surface area contributed by atoms with Gasteiger partial charge in [-0.25, -0.2) is 13.9 Å². The van der Waals surface area contributed by atoms with Gasteiger partial charge < -0.3 is 5.11 Å². The summed E-state index contributed by atoms with van der Waals surface area (Å²) in [5.41, 5.74) is 4.11. The Morgan fingerprint density at radius 1 is 1.15 bits per heavy atom. The van der Waals surface area contributed by atoms with E-state index in [1.807, 2.05) is 18.2 Å². The average molecular weight is 363 g/mol. The number of aromatic carboxylic acids is 1. The van der Waals surface area contributed by atoms with Crippen LogP contribution in [0.5, 0.6) is 0 Å². The largest absolute Gasteiger partial charge is 0.476 e. The van der Waals surface area contributed by atoms with Gasteiger partial charge in [0.25, 0.3) is 0 Å². The lowest BCUT2D eigenvalue weighted by atomic mass is 9.94. The van der Waals surface area contributed by atoms with Crippen molar-refractivity contribution in [1.29, 1.82) is 0 Å². The van der Waals surface area contributed by atoms with Crippen LogP contribution in [0.25, 0.3) is 5.69 Å². The summed E-state index contributed by atoms with van der Waals surface area (Å²) in [6, 6.07) is 13.9. The first-order valence-corrected chi connectivity index (χ1v) is 8.72. The van der Waals surface area contributed by atoms with Crippen LogP contribution in [0.1, 0.15) is 52.6 Å². The van der Waals surface area contributed by atoms with Crippen molar-refractivity contribution in [3.63, 3.8) is 0 Å². The molecule has 1 N–H and O–H groups in total. The van der Waals surface area contributed by atoms with Gasteiger partial charge in [0, 0.05) is 11.1 Å². The van der Waals surface area contributed by atoms with Crippen molar-refractivity contribution < 1.29 is 14.3 Å². The van der Waals surface area contributed by atoms with Crippen LogP contribution in [0, 0.1) is 5.82 Å². The SMILES string of the molecule is CC(C)c1ccc2c(c1)C(c1ccccc1F)=NCc1cc(C(=O)O)nn1-2. The smallest absolute Gasteiger partial charge is 0.356 e. The molecule has 0 aliphatic carbocycles. The van der Waals surface area contributed by atoms with E-state index in [-0.39, 0.29) is 24.0 Å². The molecule has 0 saturated heterocycles. The van der Waals surface area contributed by atoms with E-state index in [2.05, 4.69) is 23.9 Å². The van der Waals surface area contributed by atoms with Gasteiger partial charge in [-0.05, 0) is 41.8 Å². The molecule has 0 spiro atoms. The highest BCUT2D eigenvalue weighted by Crippen LogP contribution is 2.29. The van der Waals surface area contributed by atoms with Gasteiger partial charge in [-0.2, -0.15) is 5.10 Å². The van der Waals surface area contributed by atoms with Gasteiger partial charge in [-0.3, -0.25) is 4.99 Å². The molecule has 0 amide bonds. The summed E-state index contributed by atoms with van der Waals surface area (Å²) in [5, 5.41) is 13.5. The second-order valence-electron chi connectivity index (χ2n) is 6.81. The van der Waals surface area contributed by atoms with Crippen LogP contribution < -0.4 is 0 Å². The van der Waals surface area contributed by atoms with E-state index in [4.69, 9.17) is 0 Å². The zero-order valence-corrected chi connectivity index (χ0v) is 15.0. The summed E-state index contributed by atoms with van der Waals surface area (Å²) in [6.45, 7) is 4.38. The first-order valence-electron chi connectivity index (χ1n) is 8.72. The summed E-state index contributed by atoms with van der Waals surface area (Å²) >= 11 is 0. The summed E-state index contributed by atoms with van der Waals surface area (Å²) < 4.78 is 16.1. The van der Waals surface area contributed by atoms with Gasteiger partial charge in [0.1, 0.15) is 5.82 Å². The predicted octanol–water partition coefficient (Wildman–Crippen LogP) is 4.18. The van der Waals surface area contributed by atoms with Crippen LogP contribution in [0.15, 0.2) is 53.5 Å². The van der Waals surface area contributed by atoms with Gasteiger partial charge in [0.15, 0.2) is 5.69 Å². The average Bonchev–Trinajstić information content (AvgIpc) is 3.01. The Bertz CT molecular complexity index is 1080. The van der Waals surface area contributed by atoms with Crippen molar-refractivity contribution in [1.82, 2.24) is 9.78 Å². The number of carboxylic acid groups (broad SMARTS) is 1. The molecule has 136 valence electrons. The standard InChI is InChI=1S/C21H18FN3O2/c1-12(2)13-7-8-19-16(9-13)20(15-5-3-4-6-17(15)22)23-11-14-10-18(21(26)27)24-25(14)19/h3-10,12H,11H2,1-2H3,(H,26,27). The highest BCUT2D eigenvalue weighted by atomic mass is 19.1. The number of carbonyl (C=O) groups is 1. The first kappa shape index (κ1) is 17.1. The molecule has 1 aliphatic rings. The van der Waals surface area contributed by atoms with E-state index in [9.17, 15) is 14.3 Å². The number of hydrogen-bond acceptors (Lipinski definition) is 3. The maximum absolute atomic E-state index is 14.5. The summed E-state index contributed by atoms with van der Waals surface area (Å²) in [6.07, 6.45) is 0. The van der Waals surface area contributed by atoms with Crippen molar-refractivity contribution in [2.45, 2.75) is 26.3 Å². The Balaban J connectivity index is 1.99. The minimum absolute atomic E-state index is 0.0339. The van der Waals surface area contributed by atoms with E-state index in [0.717, 1.165) is 11.1 Å². The summed E-state index contributed by atoms with van der Waals surface area (Å²) in [4.78, 5) is 16.0. The topological polar surface area (TPSA) is 67.5 Å². The second-order valence-corrected chi connectivity index (χ2v) is 6.81. The number of nitrogens with zero attached hydrogens (tertiary/aromatic N) is 3. The molecule has 1 aliphatic heterocycles. The van der Waals surface area contributed by atoms with Crippen LogP contribution in [-0.2, 0) is 6.54 Å². The Morgan fingerprint density at radius 3 is 2.63 bits per heavy atom. The number of hydrogen-bond donors (Lipinski definition) is 1. The molecule has 0 bridgehead atoms. The quantitative estimate of drug-likeness (QED) is 0.759. The Labute approximate surface area is 155 Å². The number of rotatable bonds is 3. The van der Waals surface area contributed by atoms with Crippen LogP contribution in [0.2, 0.25) is 0 Å². The van der Waals surface area contributed by atoms with Crippen molar-refractivity contribution in [3.05, 3.63) is 82.4 Å². The maximum atomic E-state index is 14.5. The number of halogens is 1. The molecule has 2 heterocycles. The van der Waals surface area contributed by atoms with Crippen molar-refractivity contribution >= 4 is 11.7 Å². The number of carboxylic acids is 1. The fourth-order valence-corrected chi connectivity index (χ4v) is 3.26. The zero-order chi connectivity index (χ0) is 19.1. The van der Waals surface area contributed by atoms with Gasteiger partial charge in [0.2, 0.25) is 0 Å². The minimum atomic E-state index is -1.09. The molecular weight excluding hydrogens is 345 g/mol. The van der Waals surface area contributed by atoms with E-state index in [0.29, 0.717) is 22.7 Å². The molecule has 3 aromatic rings. The molecule has 0 saturated carbocycles. The fourth-order valence-electron chi connectivity index (χ4n) is 3.26. The van der Waals surface area contributed by atoms with E-state index in [1.54, 1.807) is 22.9 Å². The maximum Gasteiger partial charge on any atom is 0.356 e. The van der Waals surface area contributed by atoms with Crippen molar-refractivity contribution in [2.24, 2.45) is 4.99 Å². The van der Waals surface area contributed by atoms with Crippen molar-refractivity contribution in [3.8, 4) is 5.69 Å². The third-order valence-corrected chi connectivity index (χ3v) is 4.70. The van der Waals surface area contributed by atoms with E-state index in [1.165, 1.54) is 12.1 Å². The highest BCUT2D eigenvalue weighted by Gasteiger charge is 2.24. The van der Waals surface area contributed by atoms with Gasteiger partial charge >= 0.3 is 5.97 Å². The lowest BCUT2D eigenvalue weighted by molar-refractivity contribution is 0.0690. The summed E-state index contributed by atoms with van der Waals surface area (Å²) in [7, 11) is 0. The molecule has 2 aromatic carbocycles.